The minimum Gasteiger partial charge on any atom is -0.497 e. The first-order chi connectivity index (χ1) is 9.20. The molecule has 19 heavy (non-hydrogen) atoms. The Morgan fingerprint density at radius 3 is 2.84 bits per heavy atom. The number of carbonyl (C=O) groups excluding carboxylic acids is 1. The van der Waals surface area contributed by atoms with E-state index in [1.54, 1.807) is 19.5 Å². The van der Waals surface area contributed by atoms with E-state index in [-0.39, 0.29) is 11.2 Å². The summed E-state index contributed by atoms with van der Waals surface area (Å²) in [6.07, 6.45) is 3.98. The summed E-state index contributed by atoms with van der Waals surface area (Å²) >= 11 is 5.72. The molecule has 1 aromatic heterocycles. The smallest absolute Gasteiger partial charge is 0.229 e. The van der Waals surface area contributed by atoms with Gasteiger partial charge in [-0.2, -0.15) is 0 Å². The van der Waals surface area contributed by atoms with Crippen LogP contribution in [0.4, 0.5) is 0 Å². The molecule has 0 bridgehead atoms. The number of carbonyl (C=O) groups is 1. The Bertz CT molecular complexity index is 557. The normalized spacial score (nSPS) is 11.9. The van der Waals surface area contributed by atoms with Crippen molar-refractivity contribution >= 4 is 16.8 Å². The van der Waals surface area contributed by atoms with Gasteiger partial charge in [-0.25, -0.2) is 0 Å². The molecule has 0 saturated heterocycles. The third-order valence-electron chi connectivity index (χ3n) is 2.93. The number of aromatic nitrogens is 1. The monoisotopic (exact) mass is 275 g/mol. The molecular formula is C15H14ClNO2. The van der Waals surface area contributed by atoms with E-state index in [1.165, 1.54) is 0 Å². The number of hydrogen-bond acceptors (Lipinski definition) is 3. The first kappa shape index (κ1) is 13.6. The van der Waals surface area contributed by atoms with Gasteiger partial charge >= 0.3 is 0 Å². The number of methoxy groups -OCH3 is 1. The molecule has 2 rings (SSSR count). The van der Waals surface area contributed by atoms with Crippen LogP contribution < -0.4 is 4.74 Å². The molecule has 1 unspecified atom stereocenters. The molecule has 1 heterocycles. The maximum absolute atomic E-state index is 11.7. The van der Waals surface area contributed by atoms with E-state index in [0.717, 1.165) is 11.1 Å². The van der Waals surface area contributed by atoms with Gasteiger partial charge in [0.05, 0.1) is 13.0 Å². The number of pyridine rings is 1. The van der Waals surface area contributed by atoms with Gasteiger partial charge < -0.3 is 4.74 Å². The Balaban J connectivity index is 2.27. The van der Waals surface area contributed by atoms with Crippen molar-refractivity contribution in [1.29, 1.82) is 0 Å². The molecular weight excluding hydrogens is 262 g/mol. The van der Waals surface area contributed by atoms with Gasteiger partial charge in [0.2, 0.25) is 5.24 Å². The van der Waals surface area contributed by atoms with Crippen LogP contribution in [0.15, 0.2) is 48.8 Å². The zero-order valence-electron chi connectivity index (χ0n) is 10.5. The Labute approximate surface area is 117 Å². The van der Waals surface area contributed by atoms with Gasteiger partial charge in [0, 0.05) is 12.4 Å². The first-order valence-electron chi connectivity index (χ1n) is 5.93. The second-order valence-electron chi connectivity index (χ2n) is 4.20. The number of halogens is 1. The molecule has 0 fully saturated rings. The summed E-state index contributed by atoms with van der Waals surface area (Å²) in [5.74, 6) is 0.326. The van der Waals surface area contributed by atoms with Crippen molar-refractivity contribution in [2.75, 3.05) is 7.11 Å². The highest BCUT2D eigenvalue weighted by Gasteiger charge is 2.19. The van der Waals surface area contributed by atoms with Crippen molar-refractivity contribution in [3.8, 4) is 5.75 Å². The van der Waals surface area contributed by atoms with E-state index in [2.05, 4.69) is 4.98 Å². The maximum Gasteiger partial charge on any atom is 0.229 e. The Morgan fingerprint density at radius 1 is 1.37 bits per heavy atom. The molecule has 98 valence electrons. The van der Waals surface area contributed by atoms with Crippen molar-refractivity contribution in [2.45, 2.75) is 12.3 Å². The van der Waals surface area contributed by atoms with E-state index in [1.807, 2.05) is 36.4 Å². The maximum atomic E-state index is 11.7. The van der Waals surface area contributed by atoms with Gasteiger partial charge in [-0.15, -0.1) is 0 Å². The van der Waals surface area contributed by atoms with Crippen LogP contribution in [0.5, 0.6) is 5.75 Å². The van der Waals surface area contributed by atoms with Crippen molar-refractivity contribution in [3.05, 3.63) is 59.9 Å². The van der Waals surface area contributed by atoms with Crippen LogP contribution in [0, 0.1) is 0 Å². The summed E-state index contributed by atoms with van der Waals surface area (Å²) in [7, 11) is 1.59. The number of nitrogens with zero attached hydrogens (tertiary/aromatic N) is 1. The second kappa shape index (κ2) is 6.34. The van der Waals surface area contributed by atoms with Crippen LogP contribution in [-0.2, 0) is 11.2 Å². The van der Waals surface area contributed by atoms with Crippen LogP contribution in [0.1, 0.15) is 17.0 Å². The fourth-order valence-corrected chi connectivity index (χ4v) is 2.15. The van der Waals surface area contributed by atoms with E-state index in [4.69, 9.17) is 16.3 Å². The molecule has 0 aliphatic heterocycles. The van der Waals surface area contributed by atoms with Crippen molar-refractivity contribution in [1.82, 2.24) is 4.98 Å². The predicted octanol–water partition coefficient (Wildman–Crippen LogP) is 3.18. The molecule has 0 saturated carbocycles. The minimum absolute atomic E-state index is 0.378. The van der Waals surface area contributed by atoms with Gasteiger partial charge in [-0.1, -0.05) is 18.2 Å². The molecule has 2 aromatic rings. The lowest BCUT2D eigenvalue weighted by atomic mass is 9.93. The molecule has 1 aromatic carbocycles. The average molecular weight is 276 g/mol. The van der Waals surface area contributed by atoms with Crippen LogP contribution >= 0.6 is 11.6 Å². The molecule has 1 atom stereocenters. The standard InChI is InChI=1S/C15H14ClNO2/c1-19-13-6-2-5-12(9-13)14(15(16)18)8-11-4-3-7-17-10-11/h2-7,9-10,14H,8H2,1H3. The lowest BCUT2D eigenvalue weighted by Gasteiger charge is -2.13. The molecule has 0 amide bonds. The SMILES string of the molecule is COc1cccc(C(Cc2cccnc2)C(=O)Cl)c1. The molecule has 0 aliphatic carbocycles. The topological polar surface area (TPSA) is 39.2 Å². The Morgan fingerprint density at radius 2 is 2.21 bits per heavy atom. The Hall–Kier alpha value is -1.87. The first-order valence-corrected chi connectivity index (χ1v) is 6.30. The largest absolute Gasteiger partial charge is 0.497 e. The molecule has 0 radical (unpaired) electrons. The lowest BCUT2D eigenvalue weighted by Crippen LogP contribution is -2.10. The Kier molecular flexibility index (Phi) is 4.53. The van der Waals surface area contributed by atoms with E-state index in [0.29, 0.717) is 12.2 Å². The molecule has 3 nitrogen and oxygen atoms in total. The fraction of sp³-hybridized carbons (Fsp3) is 0.200. The average Bonchev–Trinajstić information content (AvgIpc) is 2.45. The predicted molar refractivity (Wildman–Crippen MR) is 74.5 cm³/mol. The third kappa shape index (κ3) is 3.55. The van der Waals surface area contributed by atoms with E-state index >= 15 is 0 Å². The molecule has 0 N–H and O–H groups in total. The highest BCUT2D eigenvalue weighted by molar-refractivity contribution is 6.64. The lowest BCUT2D eigenvalue weighted by molar-refractivity contribution is -0.113. The summed E-state index contributed by atoms with van der Waals surface area (Å²) in [5.41, 5.74) is 1.83. The molecule has 0 aliphatic rings. The van der Waals surface area contributed by atoms with E-state index < -0.39 is 0 Å². The number of rotatable bonds is 5. The number of benzene rings is 1. The summed E-state index contributed by atoms with van der Waals surface area (Å²) in [4.78, 5) is 15.7. The van der Waals surface area contributed by atoms with Gasteiger partial charge in [0.15, 0.2) is 0 Å². The zero-order chi connectivity index (χ0) is 13.7. The second-order valence-corrected chi connectivity index (χ2v) is 4.57. The van der Waals surface area contributed by atoms with Gasteiger partial charge in [-0.05, 0) is 47.3 Å². The van der Waals surface area contributed by atoms with Crippen molar-refractivity contribution in [3.63, 3.8) is 0 Å². The van der Waals surface area contributed by atoms with Crippen molar-refractivity contribution in [2.24, 2.45) is 0 Å². The van der Waals surface area contributed by atoms with Crippen LogP contribution in [-0.4, -0.2) is 17.3 Å². The zero-order valence-corrected chi connectivity index (χ0v) is 11.3. The van der Waals surface area contributed by atoms with Gasteiger partial charge in [0.1, 0.15) is 5.75 Å². The third-order valence-corrected chi connectivity index (χ3v) is 3.20. The van der Waals surface area contributed by atoms with Gasteiger partial charge in [-0.3, -0.25) is 9.78 Å². The van der Waals surface area contributed by atoms with Gasteiger partial charge in [0.25, 0.3) is 0 Å². The quantitative estimate of drug-likeness (QED) is 0.787. The highest BCUT2D eigenvalue weighted by atomic mass is 35.5. The van der Waals surface area contributed by atoms with Crippen LogP contribution in [0.3, 0.4) is 0 Å². The number of ether oxygens (including phenoxy) is 1. The summed E-state index contributed by atoms with van der Waals surface area (Å²) in [6.45, 7) is 0. The summed E-state index contributed by atoms with van der Waals surface area (Å²) in [6, 6.07) is 11.2. The molecule has 4 heteroatoms. The van der Waals surface area contributed by atoms with E-state index in [9.17, 15) is 4.79 Å². The molecule has 0 spiro atoms. The minimum atomic E-state index is -0.388. The summed E-state index contributed by atoms with van der Waals surface area (Å²) in [5, 5.41) is -0.378. The summed E-state index contributed by atoms with van der Waals surface area (Å²) < 4.78 is 5.17. The van der Waals surface area contributed by atoms with Crippen LogP contribution in [0.2, 0.25) is 0 Å². The fourth-order valence-electron chi connectivity index (χ4n) is 1.94. The number of hydrogen-bond donors (Lipinski definition) is 0. The van der Waals surface area contributed by atoms with Crippen LogP contribution in [0.25, 0.3) is 0 Å². The highest BCUT2D eigenvalue weighted by Crippen LogP contribution is 2.26. The van der Waals surface area contributed by atoms with Crippen molar-refractivity contribution < 1.29 is 9.53 Å².